The van der Waals surface area contributed by atoms with E-state index in [-0.39, 0.29) is 29.7 Å². The summed E-state index contributed by atoms with van der Waals surface area (Å²) in [6, 6.07) is 84.9. The van der Waals surface area contributed by atoms with E-state index < -0.39 is 6.04 Å². The second kappa shape index (κ2) is 17.8. The minimum atomic E-state index is -0.423. The van der Waals surface area contributed by atoms with Gasteiger partial charge in [0, 0.05) is 33.5 Å². The van der Waals surface area contributed by atoms with E-state index >= 15 is 0 Å². The highest BCUT2D eigenvalue weighted by Gasteiger charge is 2.19. The Morgan fingerprint density at radius 1 is 0.294 bits per heavy atom. The first-order valence-corrected chi connectivity index (χ1v) is 22.9. The van der Waals surface area contributed by atoms with Gasteiger partial charge >= 0.3 is 0 Å². The molecule has 12 rings (SSSR count). The monoisotopic (exact) mass is 871 g/mol. The molecule has 1 aromatic heterocycles. The summed E-state index contributed by atoms with van der Waals surface area (Å²) in [4.78, 5) is 2.30. The predicted octanol–water partition coefficient (Wildman–Crippen LogP) is 18.3. The molecule has 12 aromatic rings. The molecule has 0 N–H and O–H groups in total. The predicted molar refractivity (Wildman–Crippen MR) is 288 cm³/mol. The van der Waals surface area contributed by atoms with Crippen LogP contribution in [0.4, 0.5) is 17.1 Å². The summed E-state index contributed by atoms with van der Waals surface area (Å²) in [7, 11) is 0. The van der Waals surface area contributed by atoms with Crippen LogP contribution in [-0.2, 0) is 0 Å². The third kappa shape index (κ3) is 7.74. The molecule has 2 heteroatoms. The first-order valence-electron chi connectivity index (χ1n) is 25.4. The quantitative estimate of drug-likeness (QED) is 0.133. The van der Waals surface area contributed by atoms with E-state index in [0.717, 1.165) is 100 Å². The minimum absolute atomic E-state index is 0.155. The van der Waals surface area contributed by atoms with Crippen LogP contribution in [0.25, 0.3) is 94.3 Å². The number of benzene rings is 11. The molecule has 0 unspecified atom stereocenters. The lowest BCUT2D eigenvalue weighted by atomic mass is 9.91. The van der Waals surface area contributed by atoms with Crippen molar-refractivity contribution in [3.05, 3.63) is 279 Å². The maximum atomic E-state index is 9.12. The van der Waals surface area contributed by atoms with Crippen molar-refractivity contribution in [2.24, 2.45) is 0 Å². The zero-order valence-corrected chi connectivity index (χ0v) is 37.1. The molecule has 1 heterocycles. The van der Waals surface area contributed by atoms with E-state index in [1.807, 2.05) is 48.5 Å². The first kappa shape index (κ1) is 35.3. The van der Waals surface area contributed by atoms with Crippen molar-refractivity contribution in [2.75, 3.05) is 4.90 Å². The fraction of sp³-hybridized carbons (Fsp3) is 0. The zero-order valence-electron chi connectivity index (χ0n) is 42.1. The SMILES string of the molecule is [2H]c1c([2H])c([2H])c(-c2cc(-c3ccc(N(c4ccc(-c5ccccc5)cc4)c4cc(-c5ccccc5)cc(-c5ccccc5)c4)cc3)cc(-c3cccc4c3c3ccccc3n4-c3ccccc3)c2)c([2H])c1[2H]. The maximum absolute atomic E-state index is 9.12. The van der Waals surface area contributed by atoms with Crippen LogP contribution in [-0.4, -0.2) is 4.57 Å². The number of hydrogen-bond acceptors (Lipinski definition) is 1. The molecule has 0 aliphatic heterocycles. The normalized spacial score (nSPS) is 12.3. The number of anilines is 3. The van der Waals surface area contributed by atoms with E-state index in [9.17, 15) is 0 Å². The number of nitrogens with zero attached hydrogens (tertiary/aromatic N) is 2. The lowest BCUT2D eigenvalue weighted by Crippen LogP contribution is -2.10. The number of para-hydroxylation sites is 2. The Kier molecular flexibility index (Phi) is 9.23. The molecule has 320 valence electrons. The van der Waals surface area contributed by atoms with Crippen LogP contribution in [0, 0.1) is 0 Å². The van der Waals surface area contributed by atoms with Crippen molar-refractivity contribution in [2.45, 2.75) is 0 Å². The van der Waals surface area contributed by atoms with Gasteiger partial charge in [0.05, 0.1) is 17.9 Å². The molecule has 0 fully saturated rings. The van der Waals surface area contributed by atoms with Crippen molar-refractivity contribution < 1.29 is 6.85 Å². The Balaban J connectivity index is 1.05. The Labute approximate surface area is 405 Å². The van der Waals surface area contributed by atoms with Crippen molar-refractivity contribution in [3.63, 3.8) is 0 Å². The maximum Gasteiger partial charge on any atom is 0.0629 e. The van der Waals surface area contributed by atoms with Crippen LogP contribution in [0.15, 0.2) is 279 Å². The smallest absolute Gasteiger partial charge is 0.0629 e. The largest absolute Gasteiger partial charge is 0.310 e. The molecule has 2 nitrogen and oxygen atoms in total. The summed E-state index contributed by atoms with van der Waals surface area (Å²) in [5.74, 6) is 0. The molecule has 0 saturated heterocycles. The molecule has 0 amide bonds. The summed E-state index contributed by atoms with van der Waals surface area (Å²) in [6.07, 6.45) is 0. The third-order valence-electron chi connectivity index (χ3n) is 12.8. The summed E-state index contributed by atoms with van der Waals surface area (Å²) >= 11 is 0. The van der Waals surface area contributed by atoms with Crippen LogP contribution < -0.4 is 4.90 Å². The Morgan fingerprint density at radius 3 is 1.29 bits per heavy atom. The van der Waals surface area contributed by atoms with Gasteiger partial charge in [0.15, 0.2) is 0 Å². The molecular formula is C66H46N2. The van der Waals surface area contributed by atoms with Gasteiger partial charge in [-0.15, -0.1) is 0 Å². The molecule has 0 spiro atoms. The van der Waals surface area contributed by atoms with Gasteiger partial charge in [0.25, 0.3) is 0 Å². The van der Waals surface area contributed by atoms with E-state index in [1.165, 1.54) is 0 Å². The summed E-state index contributed by atoms with van der Waals surface area (Å²) in [6.45, 7) is 0. The van der Waals surface area contributed by atoms with Crippen molar-refractivity contribution in [1.29, 1.82) is 0 Å². The number of hydrogen-bond donors (Lipinski definition) is 0. The van der Waals surface area contributed by atoms with Gasteiger partial charge in [-0.3, -0.25) is 0 Å². The van der Waals surface area contributed by atoms with Gasteiger partial charge in [0.2, 0.25) is 0 Å². The van der Waals surface area contributed by atoms with E-state index in [0.29, 0.717) is 5.56 Å². The highest BCUT2D eigenvalue weighted by molar-refractivity contribution is 6.16. The van der Waals surface area contributed by atoms with Crippen LogP contribution >= 0.6 is 0 Å². The van der Waals surface area contributed by atoms with Crippen molar-refractivity contribution in [1.82, 2.24) is 4.57 Å². The zero-order chi connectivity index (χ0) is 49.6. The summed E-state index contributed by atoms with van der Waals surface area (Å²) in [5, 5.41) is 2.14. The average molecular weight is 872 g/mol. The number of aromatic nitrogens is 1. The molecule has 0 atom stereocenters. The molecular weight excluding hydrogens is 821 g/mol. The van der Waals surface area contributed by atoms with Crippen molar-refractivity contribution >= 4 is 38.9 Å². The van der Waals surface area contributed by atoms with Crippen LogP contribution in [0.1, 0.15) is 6.85 Å². The summed E-state index contributed by atoms with van der Waals surface area (Å²) in [5.41, 5.74) is 17.0. The molecule has 11 aromatic carbocycles. The second-order valence-electron chi connectivity index (χ2n) is 17.0. The Hall–Kier alpha value is -8.98. The van der Waals surface area contributed by atoms with Crippen LogP contribution in [0.3, 0.4) is 0 Å². The van der Waals surface area contributed by atoms with Crippen LogP contribution in [0.2, 0.25) is 0 Å². The standard InChI is InChI=1S/C66H46N2/c1-6-19-47(20-7-1)51-33-37-59(38-34-51)67(61-45-55(49-23-10-3-11-24-49)42-56(46-61)50-25-12-4-13-26-50)60-39-35-52(36-40-60)54-41-53(48-21-8-2-9-22-48)43-57(44-54)62-30-18-32-65-66(62)63-29-16-17-31-64(63)68(65)58-27-14-5-15-28-58/h1-46H/i2D,8D,9D,21D,22D. The van der Waals surface area contributed by atoms with Crippen molar-refractivity contribution in [3.8, 4) is 72.4 Å². The third-order valence-corrected chi connectivity index (χ3v) is 12.8. The topological polar surface area (TPSA) is 8.17 Å². The van der Waals surface area contributed by atoms with Gasteiger partial charge in [-0.2, -0.15) is 0 Å². The average Bonchev–Trinajstić information content (AvgIpc) is 3.80. The Morgan fingerprint density at radius 2 is 0.721 bits per heavy atom. The molecule has 68 heavy (non-hydrogen) atoms. The molecule has 0 radical (unpaired) electrons. The van der Waals surface area contributed by atoms with Gasteiger partial charge in [-0.25, -0.2) is 0 Å². The lowest BCUT2D eigenvalue weighted by Gasteiger charge is -2.27. The Bertz CT molecular complexity index is 3900. The minimum Gasteiger partial charge on any atom is -0.310 e. The van der Waals surface area contributed by atoms with E-state index in [4.69, 9.17) is 6.85 Å². The second-order valence-corrected chi connectivity index (χ2v) is 17.0. The summed E-state index contributed by atoms with van der Waals surface area (Å²) < 4.78 is 46.3. The van der Waals surface area contributed by atoms with Gasteiger partial charge in [-0.1, -0.05) is 194 Å². The van der Waals surface area contributed by atoms with E-state index in [2.05, 4.69) is 210 Å². The van der Waals surface area contributed by atoms with Gasteiger partial charge in [-0.05, 0) is 152 Å². The molecule has 0 aliphatic rings. The van der Waals surface area contributed by atoms with E-state index in [1.54, 1.807) is 0 Å². The molecule has 0 bridgehead atoms. The number of fused-ring (bicyclic) bond motifs is 3. The van der Waals surface area contributed by atoms with Crippen LogP contribution in [0.5, 0.6) is 0 Å². The highest BCUT2D eigenvalue weighted by atomic mass is 15.1. The van der Waals surface area contributed by atoms with Gasteiger partial charge < -0.3 is 9.47 Å². The molecule has 0 saturated carbocycles. The fourth-order valence-corrected chi connectivity index (χ4v) is 9.62. The lowest BCUT2D eigenvalue weighted by molar-refractivity contribution is 1.18. The fourth-order valence-electron chi connectivity index (χ4n) is 9.62. The first-order chi connectivity index (χ1) is 35.8. The van der Waals surface area contributed by atoms with Gasteiger partial charge in [0.1, 0.15) is 0 Å². The highest BCUT2D eigenvalue weighted by Crippen LogP contribution is 2.44. The number of rotatable bonds is 10. The molecule has 0 aliphatic carbocycles.